The Morgan fingerprint density at radius 2 is 2.08 bits per heavy atom. The van der Waals surface area contributed by atoms with E-state index in [0.29, 0.717) is 12.0 Å². The number of nitrogens with zero attached hydrogens (tertiary/aromatic N) is 1. The molecule has 0 saturated heterocycles. The summed E-state index contributed by atoms with van der Waals surface area (Å²) < 4.78 is 0. The summed E-state index contributed by atoms with van der Waals surface area (Å²) in [7, 11) is 0. The lowest BCUT2D eigenvalue weighted by atomic mass is 10.00. The van der Waals surface area contributed by atoms with Crippen LogP contribution in [0.25, 0.3) is 0 Å². The minimum atomic E-state index is 0.344. The van der Waals surface area contributed by atoms with Gasteiger partial charge in [-0.2, -0.15) is 0 Å². The van der Waals surface area contributed by atoms with Crippen molar-refractivity contribution in [1.29, 1.82) is 0 Å². The van der Waals surface area contributed by atoms with Gasteiger partial charge in [-0.05, 0) is 32.9 Å². The first kappa shape index (κ1) is 11.4. The average Bonchev–Trinajstić information content (AvgIpc) is 2.03. The van der Waals surface area contributed by atoms with E-state index in [0.717, 1.165) is 0 Å². The van der Waals surface area contributed by atoms with Crippen LogP contribution in [0.2, 0.25) is 0 Å². The SMILES string of the molecule is C=NC(C)C(C)/C=C(\C)CCC. The van der Waals surface area contributed by atoms with E-state index in [9.17, 15) is 0 Å². The lowest BCUT2D eigenvalue weighted by molar-refractivity contribution is 0.582. The van der Waals surface area contributed by atoms with Crippen LogP contribution in [0, 0.1) is 5.92 Å². The first-order chi connectivity index (χ1) is 5.61. The zero-order valence-electron chi connectivity index (χ0n) is 8.80. The lowest BCUT2D eigenvalue weighted by Crippen LogP contribution is -2.08. The largest absolute Gasteiger partial charge is 0.297 e. The second-order valence-corrected chi connectivity index (χ2v) is 3.55. The lowest BCUT2D eigenvalue weighted by Gasteiger charge is -2.12. The van der Waals surface area contributed by atoms with Gasteiger partial charge in [0, 0.05) is 0 Å². The zero-order chi connectivity index (χ0) is 9.56. The second kappa shape index (κ2) is 5.99. The molecular weight excluding hydrogens is 146 g/mol. The molecule has 70 valence electrons. The van der Waals surface area contributed by atoms with Crippen LogP contribution in [0.15, 0.2) is 16.6 Å². The third-order valence-electron chi connectivity index (χ3n) is 2.24. The molecule has 0 aromatic rings. The minimum absolute atomic E-state index is 0.344. The Balaban J connectivity index is 4.02. The number of rotatable bonds is 5. The predicted molar refractivity (Wildman–Crippen MR) is 56.8 cm³/mol. The summed E-state index contributed by atoms with van der Waals surface area (Å²) in [6.07, 6.45) is 4.74. The zero-order valence-corrected chi connectivity index (χ0v) is 8.80. The summed E-state index contributed by atoms with van der Waals surface area (Å²) in [5.41, 5.74) is 1.47. The average molecular weight is 167 g/mol. The maximum absolute atomic E-state index is 4.01. The summed E-state index contributed by atoms with van der Waals surface area (Å²) in [4.78, 5) is 4.01. The van der Waals surface area contributed by atoms with Crippen molar-refractivity contribution in [1.82, 2.24) is 0 Å². The number of hydrogen-bond donors (Lipinski definition) is 0. The summed E-state index contributed by atoms with van der Waals surface area (Å²) in [5.74, 6) is 0.522. The van der Waals surface area contributed by atoms with Gasteiger partial charge in [-0.15, -0.1) is 0 Å². The van der Waals surface area contributed by atoms with Crippen molar-refractivity contribution in [3.05, 3.63) is 11.6 Å². The van der Waals surface area contributed by atoms with E-state index < -0.39 is 0 Å². The van der Waals surface area contributed by atoms with Crippen LogP contribution in [0.4, 0.5) is 0 Å². The van der Waals surface area contributed by atoms with E-state index in [1.54, 1.807) is 0 Å². The Hall–Kier alpha value is -0.590. The molecule has 12 heavy (non-hydrogen) atoms. The molecule has 0 bridgehead atoms. The van der Waals surface area contributed by atoms with Crippen molar-refractivity contribution in [2.45, 2.75) is 46.6 Å². The van der Waals surface area contributed by atoms with Gasteiger partial charge in [-0.1, -0.05) is 31.9 Å². The van der Waals surface area contributed by atoms with Gasteiger partial charge in [0.15, 0.2) is 0 Å². The van der Waals surface area contributed by atoms with Gasteiger partial charge >= 0.3 is 0 Å². The van der Waals surface area contributed by atoms with Crippen molar-refractivity contribution in [2.24, 2.45) is 10.9 Å². The summed E-state index contributed by atoms with van der Waals surface area (Å²) in [5, 5.41) is 0. The molecule has 0 amide bonds. The van der Waals surface area contributed by atoms with Crippen LogP contribution >= 0.6 is 0 Å². The molecule has 0 aliphatic rings. The molecule has 0 saturated carbocycles. The topological polar surface area (TPSA) is 12.4 Å². The maximum Gasteiger partial charge on any atom is 0.0524 e. The molecule has 0 rings (SSSR count). The predicted octanol–water partition coefficient (Wildman–Crippen LogP) is 3.46. The van der Waals surface area contributed by atoms with Crippen molar-refractivity contribution < 1.29 is 0 Å². The van der Waals surface area contributed by atoms with Crippen LogP contribution in [-0.4, -0.2) is 12.8 Å². The third kappa shape index (κ3) is 4.32. The number of aliphatic imine (C=N–C) groups is 1. The maximum atomic E-state index is 4.01. The fourth-order valence-corrected chi connectivity index (χ4v) is 1.23. The highest BCUT2D eigenvalue weighted by Gasteiger charge is 2.05. The smallest absolute Gasteiger partial charge is 0.0524 e. The van der Waals surface area contributed by atoms with Gasteiger partial charge < -0.3 is 0 Å². The van der Waals surface area contributed by atoms with Crippen molar-refractivity contribution in [3.8, 4) is 0 Å². The standard InChI is InChI=1S/C11H21N/c1-6-7-9(2)8-10(3)11(4)12-5/h8,10-11H,5-7H2,1-4H3/b9-8+. The Labute approximate surface area is 76.6 Å². The second-order valence-electron chi connectivity index (χ2n) is 3.55. The van der Waals surface area contributed by atoms with Crippen molar-refractivity contribution in [3.63, 3.8) is 0 Å². The molecule has 2 unspecified atom stereocenters. The monoisotopic (exact) mass is 167 g/mol. The molecule has 0 aliphatic heterocycles. The van der Waals surface area contributed by atoms with Gasteiger partial charge in [0.05, 0.1) is 6.04 Å². The Bertz CT molecular complexity index is 158. The highest BCUT2D eigenvalue weighted by atomic mass is 14.7. The quantitative estimate of drug-likeness (QED) is 0.439. The molecule has 0 radical (unpaired) electrons. The molecule has 0 heterocycles. The van der Waals surface area contributed by atoms with Gasteiger partial charge in [0.1, 0.15) is 0 Å². The van der Waals surface area contributed by atoms with E-state index in [1.165, 1.54) is 18.4 Å². The van der Waals surface area contributed by atoms with Crippen molar-refractivity contribution >= 4 is 6.72 Å². The molecule has 0 aromatic carbocycles. The highest BCUT2D eigenvalue weighted by Crippen LogP contribution is 2.13. The number of hydrogen-bond acceptors (Lipinski definition) is 1. The van der Waals surface area contributed by atoms with E-state index >= 15 is 0 Å². The van der Waals surface area contributed by atoms with Crippen LogP contribution < -0.4 is 0 Å². The fourth-order valence-electron chi connectivity index (χ4n) is 1.23. The van der Waals surface area contributed by atoms with Gasteiger partial charge in [-0.25, -0.2) is 0 Å². The van der Waals surface area contributed by atoms with Gasteiger partial charge in [0.25, 0.3) is 0 Å². The Morgan fingerprint density at radius 1 is 1.50 bits per heavy atom. The Kier molecular flexibility index (Phi) is 5.69. The van der Waals surface area contributed by atoms with Crippen LogP contribution in [-0.2, 0) is 0 Å². The van der Waals surface area contributed by atoms with Crippen LogP contribution in [0.1, 0.15) is 40.5 Å². The molecule has 0 spiro atoms. The molecule has 0 aromatic heterocycles. The fraction of sp³-hybridized carbons (Fsp3) is 0.727. The summed E-state index contributed by atoms with van der Waals surface area (Å²) in [6.45, 7) is 12.2. The minimum Gasteiger partial charge on any atom is -0.297 e. The summed E-state index contributed by atoms with van der Waals surface area (Å²) in [6, 6.07) is 0.344. The highest BCUT2D eigenvalue weighted by molar-refractivity contribution is 5.24. The molecule has 2 atom stereocenters. The molecular formula is C11H21N. The third-order valence-corrected chi connectivity index (χ3v) is 2.24. The van der Waals surface area contributed by atoms with E-state index in [-0.39, 0.29) is 0 Å². The molecule has 0 aliphatic carbocycles. The van der Waals surface area contributed by atoms with Crippen molar-refractivity contribution in [2.75, 3.05) is 0 Å². The first-order valence-corrected chi connectivity index (χ1v) is 4.75. The van der Waals surface area contributed by atoms with Gasteiger partial charge in [-0.3, -0.25) is 4.99 Å². The van der Waals surface area contributed by atoms with Gasteiger partial charge in [0.2, 0.25) is 0 Å². The molecule has 0 N–H and O–H groups in total. The first-order valence-electron chi connectivity index (χ1n) is 4.75. The Morgan fingerprint density at radius 3 is 2.50 bits per heavy atom. The number of allylic oxidation sites excluding steroid dienone is 1. The van der Waals surface area contributed by atoms with E-state index in [2.05, 4.69) is 45.5 Å². The van der Waals surface area contributed by atoms with E-state index in [4.69, 9.17) is 0 Å². The molecule has 0 fully saturated rings. The van der Waals surface area contributed by atoms with Crippen LogP contribution in [0.5, 0.6) is 0 Å². The summed E-state index contributed by atoms with van der Waals surface area (Å²) >= 11 is 0. The van der Waals surface area contributed by atoms with Crippen LogP contribution in [0.3, 0.4) is 0 Å². The normalized spacial score (nSPS) is 17.2. The molecule has 1 heteroatoms. The molecule has 1 nitrogen and oxygen atoms in total. The van der Waals surface area contributed by atoms with E-state index in [1.807, 2.05) is 0 Å².